The molecule has 0 spiro atoms. The van der Waals surface area contributed by atoms with Gasteiger partial charge < -0.3 is 10.4 Å². The largest absolute Gasteiger partial charge is 0.384 e. The van der Waals surface area contributed by atoms with Crippen molar-refractivity contribution in [1.82, 2.24) is 5.32 Å². The van der Waals surface area contributed by atoms with Crippen molar-refractivity contribution in [3.8, 4) is 11.8 Å². The van der Waals surface area contributed by atoms with Crippen LogP contribution in [0.15, 0.2) is 18.2 Å². The monoisotopic (exact) mass is 303 g/mol. The quantitative estimate of drug-likeness (QED) is 0.843. The van der Waals surface area contributed by atoms with Crippen molar-refractivity contribution in [2.24, 2.45) is 0 Å². The van der Waals surface area contributed by atoms with E-state index in [1.165, 1.54) is 6.42 Å². The van der Waals surface area contributed by atoms with Gasteiger partial charge in [-0.2, -0.15) is 11.8 Å². The van der Waals surface area contributed by atoms with Gasteiger partial charge in [-0.1, -0.05) is 17.9 Å². The van der Waals surface area contributed by atoms with E-state index in [4.69, 9.17) is 5.11 Å². The second-order valence-electron chi connectivity index (χ2n) is 5.33. The molecule has 1 fully saturated rings. The molecule has 2 atom stereocenters. The lowest BCUT2D eigenvalue weighted by atomic mass is 10.0. The molecule has 0 aromatic heterocycles. The molecule has 0 bridgehead atoms. The Kier molecular flexibility index (Phi) is 5.72. The average molecular weight is 303 g/mol. The Labute approximate surface area is 130 Å². The van der Waals surface area contributed by atoms with Crippen molar-refractivity contribution in [1.29, 1.82) is 0 Å². The number of aryl methyl sites for hydroxylation is 1. The van der Waals surface area contributed by atoms with E-state index in [2.05, 4.69) is 23.4 Å². The zero-order valence-electron chi connectivity index (χ0n) is 12.5. The molecule has 1 saturated carbocycles. The molecule has 112 valence electrons. The van der Waals surface area contributed by atoms with Crippen LogP contribution in [0.2, 0.25) is 0 Å². The van der Waals surface area contributed by atoms with Gasteiger partial charge in [0.2, 0.25) is 0 Å². The summed E-state index contributed by atoms with van der Waals surface area (Å²) < 4.78 is 0. The normalized spacial score (nSPS) is 20.7. The number of benzene rings is 1. The molecule has 21 heavy (non-hydrogen) atoms. The number of aliphatic hydroxyl groups excluding tert-OH is 1. The maximum Gasteiger partial charge on any atom is 0.251 e. The Balaban J connectivity index is 2.06. The molecule has 0 aliphatic heterocycles. The second-order valence-corrected chi connectivity index (χ2v) is 6.47. The first-order valence-electron chi connectivity index (χ1n) is 7.18. The Morgan fingerprint density at radius 1 is 1.48 bits per heavy atom. The fraction of sp³-hybridized carbons (Fsp3) is 0.471. The molecule has 2 rings (SSSR count). The smallest absolute Gasteiger partial charge is 0.251 e. The van der Waals surface area contributed by atoms with Crippen LogP contribution >= 0.6 is 11.8 Å². The number of aliphatic hydroxyl groups is 1. The van der Waals surface area contributed by atoms with Gasteiger partial charge in [-0.3, -0.25) is 4.79 Å². The molecule has 1 aromatic carbocycles. The number of carbonyl (C=O) groups is 1. The van der Waals surface area contributed by atoms with Gasteiger partial charge in [-0.25, -0.2) is 0 Å². The molecule has 3 nitrogen and oxygen atoms in total. The summed E-state index contributed by atoms with van der Waals surface area (Å²) in [6, 6.07) is 5.81. The summed E-state index contributed by atoms with van der Waals surface area (Å²) in [5.74, 6) is 5.48. The minimum Gasteiger partial charge on any atom is -0.384 e. The maximum atomic E-state index is 12.3. The van der Waals surface area contributed by atoms with Crippen LogP contribution in [-0.2, 0) is 0 Å². The lowest BCUT2D eigenvalue weighted by molar-refractivity contribution is 0.0938. The summed E-state index contributed by atoms with van der Waals surface area (Å²) in [5, 5.41) is 12.6. The lowest BCUT2D eigenvalue weighted by Crippen LogP contribution is -2.33. The van der Waals surface area contributed by atoms with Gasteiger partial charge in [0, 0.05) is 22.4 Å². The van der Waals surface area contributed by atoms with Gasteiger partial charge in [0.25, 0.3) is 5.91 Å². The highest BCUT2D eigenvalue weighted by Gasteiger charge is 2.25. The van der Waals surface area contributed by atoms with Gasteiger partial charge in [-0.15, -0.1) is 0 Å². The minimum atomic E-state index is -0.173. The van der Waals surface area contributed by atoms with Crippen LogP contribution in [0, 0.1) is 18.8 Å². The number of amides is 1. The highest BCUT2D eigenvalue weighted by atomic mass is 32.2. The molecule has 2 unspecified atom stereocenters. The Bertz CT molecular complexity index is 574. The molecule has 1 aliphatic rings. The van der Waals surface area contributed by atoms with Crippen LogP contribution in [0.5, 0.6) is 0 Å². The predicted molar refractivity (Wildman–Crippen MR) is 87.6 cm³/mol. The van der Waals surface area contributed by atoms with Crippen LogP contribution in [0.4, 0.5) is 0 Å². The summed E-state index contributed by atoms with van der Waals surface area (Å²) in [6.45, 7) is 1.77. The third-order valence-electron chi connectivity index (χ3n) is 3.85. The van der Waals surface area contributed by atoms with Gasteiger partial charge in [0.15, 0.2) is 0 Å². The van der Waals surface area contributed by atoms with Gasteiger partial charge in [0.05, 0.1) is 0 Å². The van der Waals surface area contributed by atoms with Crippen molar-refractivity contribution in [2.45, 2.75) is 37.5 Å². The predicted octanol–water partition coefficient (Wildman–Crippen LogP) is 2.35. The summed E-state index contributed by atoms with van der Waals surface area (Å²) >= 11 is 1.88. The van der Waals surface area contributed by atoms with Crippen molar-refractivity contribution in [2.75, 3.05) is 12.9 Å². The first-order chi connectivity index (χ1) is 10.1. The van der Waals surface area contributed by atoms with E-state index in [1.807, 2.05) is 30.8 Å². The molecule has 1 amide bonds. The Hall–Kier alpha value is -1.44. The van der Waals surface area contributed by atoms with Crippen LogP contribution in [-0.4, -0.2) is 35.2 Å². The topological polar surface area (TPSA) is 49.3 Å². The molecule has 1 aliphatic carbocycles. The third-order valence-corrected chi connectivity index (χ3v) is 4.95. The molecular formula is C17H21NO2S. The SMILES string of the molecule is CSC1CCC(NC(=O)c2ccc(C)c(C#CCO)c2)C1. The number of carbonyl (C=O) groups excluding carboxylic acids is 1. The van der Waals surface area contributed by atoms with E-state index in [1.54, 1.807) is 6.07 Å². The first kappa shape index (κ1) is 15.9. The number of rotatable bonds is 3. The van der Waals surface area contributed by atoms with Crippen molar-refractivity contribution >= 4 is 17.7 Å². The van der Waals surface area contributed by atoms with E-state index in [0.717, 1.165) is 24.0 Å². The number of hydrogen-bond acceptors (Lipinski definition) is 3. The number of nitrogens with one attached hydrogen (secondary N) is 1. The van der Waals surface area contributed by atoms with Crippen LogP contribution in [0.1, 0.15) is 40.7 Å². The average Bonchev–Trinajstić information content (AvgIpc) is 2.94. The zero-order valence-corrected chi connectivity index (χ0v) is 13.3. The second kappa shape index (κ2) is 7.53. The van der Waals surface area contributed by atoms with E-state index in [9.17, 15) is 4.79 Å². The fourth-order valence-corrected chi connectivity index (χ4v) is 3.38. The van der Waals surface area contributed by atoms with Crippen LogP contribution in [0.25, 0.3) is 0 Å². The third kappa shape index (κ3) is 4.26. The van der Waals surface area contributed by atoms with E-state index in [0.29, 0.717) is 10.8 Å². The summed E-state index contributed by atoms with van der Waals surface area (Å²) in [5.41, 5.74) is 2.44. The van der Waals surface area contributed by atoms with Gasteiger partial charge in [-0.05, 0) is 50.1 Å². The summed E-state index contributed by atoms with van der Waals surface area (Å²) in [7, 11) is 0. The molecule has 0 saturated heterocycles. The van der Waals surface area contributed by atoms with E-state index >= 15 is 0 Å². The maximum absolute atomic E-state index is 12.3. The number of hydrogen-bond donors (Lipinski definition) is 2. The number of thioether (sulfide) groups is 1. The summed E-state index contributed by atoms with van der Waals surface area (Å²) in [6.07, 6.45) is 5.41. The molecule has 0 radical (unpaired) electrons. The molecular weight excluding hydrogens is 282 g/mol. The van der Waals surface area contributed by atoms with Gasteiger partial charge in [0.1, 0.15) is 6.61 Å². The fourth-order valence-electron chi connectivity index (χ4n) is 2.59. The van der Waals surface area contributed by atoms with Crippen LogP contribution < -0.4 is 5.32 Å². The lowest BCUT2D eigenvalue weighted by Gasteiger charge is -2.13. The zero-order chi connectivity index (χ0) is 15.2. The van der Waals surface area contributed by atoms with E-state index in [-0.39, 0.29) is 18.6 Å². The standard InChI is InChI=1S/C17H21NO2S/c1-12-5-6-14(10-13(12)4-3-9-19)17(20)18-15-7-8-16(11-15)21-2/h5-6,10,15-16,19H,7-9,11H2,1-2H3,(H,18,20). The van der Waals surface area contributed by atoms with Crippen LogP contribution in [0.3, 0.4) is 0 Å². The molecule has 1 aromatic rings. The van der Waals surface area contributed by atoms with Crippen molar-refractivity contribution in [3.63, 3.8) is 0 Å². The van der Waals surface area contributed by atoms with Gasteiger partial charge >= 0.3 is 0 Å². The highest BCUT2D eigenvalue weighted by Crippen LogP contribution is 2.28. The summed E-state index contributed by atoms with van der Waals surface area (Å²) in [4.78, 5) is 12.3. The Morgan fingerprint density at radius 2 is 2.29 bits per heavy atom. The van der Waals surface area contributed by atoms with Crippen molar-refractivity contribution in [3.05, 3.63) is 34.9 Å². The molecule has 0 heterocycles. The minimum absolute atomic E-state index is 0.0335. The Morgan fingerprint density at radius 3 is 2.95 bits per heavy atom. The van der Waals surface area contributed by atoms with Crippen molar-refractivity contribution < 1.29 is 9.90 Å². The molecule has 2 N–H and O–H groups in total. The first-order valence-corrected chi connectivity index (χ1v) is 8.47. The van der Waals surface area contributed by atoms with E-state index < -0.39 is 0 Å². The molecule has 4 heteroatoms. The highest BCUT2D eigenvalue weighted by molar-refractivity contribution is 7.99.